The molecule has 0 atom stereocenters. The van der Waals surface area contributed by atoms with Crippen molar-refractivity contribution in [3.63, 3.8) is 0 Å². The third kappa shape index (κ3) is 6.24. The molecule has 10 nitrogen and oxygen atoms in total. The normalized spacial score (nSPS) is 10.2. The van der Waals surface area contributed by atoms with E-state index in [4.69, 9.17) is 14.5 Å². The maximum atomic E-state index is 11.9. The molecule has 0 unspecified atom stereocenters. The summed E-state index contributed by atoms with van der Waals surface area (Å²) < 4.78 is 0. The van der Waals surface area contributed by atoms with Crippen molar-refractivity contribution in [1.82, 2.24) is 5.39 Å². The van der Waals surface area contributed by atoms with Crippen molar-refractivity contribution < 1.29 is 28.9 Å². The predicted octanol–water partition coefficient (Wildman–Crippen LogP) is 4.96. The highest BCUT2D eigenvalue weighted by molar-refractivity contribution is 7.14. The van der Waals surface area contributed by atoms with E-state index in [-0.39, 0.29) is 5.39 Å². The molecule has 0 bridgehead atoms. The summed E-state index contributed by atoms with van der Waals surface area (Å²) in [5.41, 5.74) is 0. The zero-order chi connectivity index (χ0) is 19.8. The summed E-state index contributed by atoms with van der Waals surface area (Å²) in [5, 5.41) is 13.8. The lowest BCUT2D eigenvalue weighted by Crippen LogP contribution is -2.36. The Bertz CT molecular complexity index is 779. The van der Waals surface area contributed by atoms with Crippen LogP contribution in [0.2, 0.25) is 0 Å². The number of hydrogen-bond donors (Lipinski definition) is 3. The van der Waals surface area contributed by atoms with Crippen LogP contribution in [0.4, 0.5) is 29.4 Å². The fraction of sp³-hybridized carbons (Fsp3) is 0. The lowest BCUT2D eigenvalue weighted by Gasteiger charge is -2.17. The summed E-state index contributed by atoms with van der Waals surface area (Å²) in [6, 6.07) is 10.0. The van der Waals surface area contributed by atoms with Crippen LogP contribution in [0.1, 0.15) is 0 Å². The molecule has 0 fully saturated rings. The zero-order valence-corrected chi connectivity index (χ0v) is 16.3. The fourth-order valence-corrected chi connectivity index (χ4v) is 3.49. The van der Waals surface area contributed by atoms with Crippen LogP contribution in [0, 0.1) is 0 Å². The maximum Gasteiger partial charge on any atom is 0.436 e. The van der Waals surface area contributed by atoms with E-state index in [1.165, 1.54) is 34.0 Å². The quantitative estimate of drug-likeness (QED) is 0.463. The van der Waals surface area contributed by atoms with E-state index in [1.54, 1.807) is 52.5 Å². The summed E-state index contributed by atoms with van der Waals surface area (Å²) in [6.07, 6.45) is -3.10. The van der Waals surface area contributed by atoms with Crippen LogP contribution in [0.25, 0.3) is 0 Å². The Hall–Kier alpha value is -3.13. The minimum Gasteiger partial charge on any atom is -0.281 e. The second kappa shape index (κ2) is 9.70. The van der Waals surface area contributed by atoms with Gasteiger partial charge in [0.15, 0.2) is 0 Å². The van der Waals surface area contributed by atoms with Gasteiger partial charge in [0.1, 0.15) is 0 Å². The second-order valence-corrected chi connectivity index (χ2v) is 7.51. The smallest absolute Gasteiger partial charge is 0.281 e. The molecule has 0 aliphatic rings. The summed E-state index contributed by atoms with van der Waals surface area (Å²) in [5.74, 6) is 0. The van der Waals surface area contributed by atoms with Crippen molar-refractivity contribution in [2.75, 3.05) is 16.0 Å². The molecule has 3 rings (SSSR count). The lowest BCUT2D eigenvalue weighted by molar-refractivity contribution is -0.446. The Morgan fingerprint density at radius 3 is 1.21 bits per heavy atom. The first kappa shape index (κ1) is 19.6. The van der Waals surface area contributed by atoms with Crippen LogP contribution < -0.4 is 16.0 Å². The van der Waals surface area contributed by atoms with Gasteiger partial charge in [0, 0.05) is 0 Å². The Balaban J connectivity index is 1.59. The number of hydrogen-bond acceptors (Lipinski definition) is 10. The Morgan fingerprint density at radius 2 is 0.964 bits per heavy atom. The standard InChI is InChI=1S/C15H12N4O6S3/c20-13(16-10-4-1-7-26-10)23-19(24-14(21)17-11-5-2-8-27-11)25-15(22)18-12-6-3-9-28-12/h1-9H,(H,16,20)(H,17,21)(H,18,22). The van der Waals surface area contributed by atoms with Crippen LogP contribution in [0.3, 0.4) is 0 Å². The van der Waals surface area contributed by atoms with Gasteiger partial charge in [0.2, 0.25) is 5.39 Å². The molecule has 0 radical (unpaired) electrons. The molecule has 0 aliphatic carbocycles. The van der Waals surface area contributed by atoms with Gasteiger partial charge in [0.05, 0.1) is 15.0 Å². The Labute approximate surface area is 170 Å². The van der Waals surface area contributed by atoms with Gasteiger partial charge in [-0.05, 0) is 52.5 Å². The van der Waals surface area contributed by atoms with Gasteiger partial charge in [-0.15, -0.1) is 34.0 Å². The minimum absolute atomic E-state index is 0.00875. The SMILES string of the molecule is O=C(Nc1cccs1)ON(OC(=O)Nc1cccs1)OC(=O)Nc1cccs1. The van der Waals surface area contributed by atoms with Crippen LogP contribution in [0.15, 0.2) is 52.5 Å². The molecule has 3 aromatic heterocycles. The van der Waals surface area contributed by atoms with Crippen molar-refractivity contribution in [2.24, 2.45) is 0 Å². The van der Waals surface area contributed by atoms with Gasteiger partial charge in [0.25, 0.3) is 0 Å². The summed E-state index contributed by atoms with van der Waals surface area (Å²) in [4.78, 5) is 50.0. The van der Waals surface area contributed by atoms with Gasteiger partial charge < -0.3 is 0 Å². The summed E-state index contributed by atoms with van der Waals surface area (Å²) >= 11 is 3.73. The number of carbonyl (C=O) groups excluding carboxylic acids is 3. The molecule has 0 saturated heterocycles. The highest BCUT2D eigenvalue weighted by Gasteiger charge is 2.23. The van der Waals surface area contributed by atoms with Crippen molar-refractivity contribution >= 4 is 67.3 Å². The molecule has 146 valence electrons. The second-order valence-electron chi connectivity index (χ2n) is 4.67. The topological polar surface area (TPSA) is 118 Å². The monoisotopic (exact) mass is 440 g/mol. The van der Waals surface area contributed by atoms with E-state index in [2.05, 4.69) is 16.0 Å². The van der Waals surface area contributed by atoms with E-state index in [0.29, 0.717) is 15.0 Å². The van der Waals surface area contributed by atoms with Crippen LogP contribution in [-0.2, 0) is 14.5 Å². The molecule has 3 heterocycles. The highest BCUT2D eigenvalue weighted by Crippen LogP contribution is 2.18. The molecule has 13 heteroatoms. The number of rotatable bonds is 6. The van der Waals surface area contributed by atoms with E-state index in [9.17, 15) is 14.4 Å². The van der Waals surface area contributed by atoms with Gasteiger partial charge in [-0.2, -0.15) is 0 Å². The predicted molar refractivity (Wildman–Crippen MR) is 105 cm³/mol. The molecule has 3 amide bonds. The summed E-state index contributed by atoms with van der Waals surface area (Å²) in [7, 11) is 0. The molecular formula is C15H12N4O6S3. The van der Waals surface area contributed by atoms with Gasteiger partial charge in [-0.3, -0.25) is 30.5 Å². The third-order valence-electron chi connectivity index (χ3n) is 2.71. The Kier molecular flexibility index (Phi) is 6.80. The first-order valence-electron chi connectivity index (χ1n) is 7.46. The number of amides is 3. The van der Waals surface area contributed by atoms with Gasteiger partial charge in [-0.25, -0.2) is 14.4 Å². The minimum atomic E-state index is -1.03. The first-order valence-corrected chi connectivity index (χ1v) is 10.1. The van der Waals surface area contributed by atoms with Crippen LogP contribution in [0.5, 0.6) is 0 Å². The van der Waals surface area contributed by atoms with Gasteiger partial charge >= 0.3 is 18.3 Å². The third-order valence-corrected chi connectivity index (χ3v) is 5.07. The zero-order valence-electron chi connectivity index (χ0n) is 13.8. The molecule has 0 saturated carbocycles. The number of thiophene rings is 3. The largest absolute Gasteiger partial charge is 0.436 e. The fourth-order valence-electron chi connectivity index (χ4n) is 1.68. The van der Waals surface area contributed by atoms with E-state index < -0.39 is 18.3 Å². The molecule has 0 aromatic carbocycles. The number of carbonyl (C=O) groups is 3. The molecule has 28 heavy (non-hydrogen) atoms. The van der Waals surface area contributed by atoms with Crippen molar-refractivity contribution in [2.45, 2.75) is 0 Å². The maximum absolute atomic E-state index is 11.9. The average Bonchev–Trinajstić information content (AvgIpc) is 3.37. The number of nitrogens with one attached hydrogen (secondary N) is 3. The lowest BCUT2D eigenvalue weighted by atomic mass is 10.6. The first-order chi connectivity index (χ1) is 13.6. The number of nitrogens with zero attached hydrogens (tertiary/aromatic N) is 1. The molecular weight excluding hydrogens is 428 g/mol. The van der Waals surface area contributed by atoms with Crippen molar-refractivity contribution in [3.8, 4) is 0 Å². The molecule has 0 aliphatic heterocycles. The van der Waals surface area contributed by atoms with Gasteiger partial charge in [-0.1, -0.05) is 0 Å². The highest BCUT2D eigenvalue weighted by atomic mass is 32.1. The van der Waals surface area contributed by atoms with E-state index in [1.807, 2.05) is 0 Å². The summed E-state index contributed by atoms with van der Waals surface area (Å²) in [6.45, 7) is 0. The van der Waals surface area contributed by atoms with Crippen molar-refractivity contribution in [3.05, 3.63) is 52.5 Å². The average molecular weight is 440 g/mol. The Morgan fingerprint density at radius 1 is 0.643 bits per heavy atom. The van der Waals surface area contributed by atoms with E-state index >= 15 is 0 Å². The molecule has 0 spiro atoms. The molecule has 3 aromatic rings. The molecule has 3 N–H and O–H groups in total. The van der Waals surface area contributed by atoms with Crippen LogP contribution >= 0.6 is 34.0 Å². The van der Waals surface area contributed by atoms with Crippen molar-refractivity contribution in [1.29, 1.82) is 0 Å². The van der Waals surface area contributed by atoms with E-state index in [0.717, 1.165) is 0 Å². The van der Waals surface area contributed by atoms with Crippen LogP contribution in [-0.4, -0.2) is 23.7 Å². The number of anilines is 3.